The fraction of sp³-hybridized carbons (Fsp3) is 0.286. The fourth-order valence-corrected chi connectivity index (χ4v) is 3.57. The predicted molar refractivity (Wildman–Crippen MR) is 81.6 cm³/mol. The first kappa shape index (κ1) is 13.9. The average molecular weight is 327 g/mol. The minimum atomic E-state index is -0.147. The highest BCUT2D eigenvalue weighted by Crippen LogP contribution is 2.34. The molecule has 0 N–H and O–H groups in total. The van der Waals surface area contributed by atoms with Gasteiger partial charge in [-0.05, 0) is 47.4 Å². The van der Waals surface area contributed by atoms with Crippen molar-refractivity contribution in [3.63, 3.8) is 0 Å². The summed E-state index contributed by atoms with van der Waals surface area (Å²) in [5.41, 5.74) is 1.42. The molecule has 1 saturated heterocycles. The summed E-state index contributed by atoms with van der Waals surface area (Å²) in [7, 11) is 0. The molecule has 1 fully saturated rings. The number of rotatable bonds is 2. The van der Waals surface area contributed by atoms with E-state index >= 15 is 0 Å². The molecule has 2 aromatic heterocycles. The van der Waals surface area contributed by atoms with Gasteiger partial charge in [0.2, 0.25) is 0 Å². The van der Waals surface area contributed by atoms with Gasteiger partial charge in [-0.15, -0.1) is 0 Å². The Labute approximate surface area is 131 Å². The van der Waals surface area contributed by atoms with Crippen molar-refractivity contribution in [2.24, 2.45) is 0 Å². The number of halogens is 2. The second-order valence-electron chi connectivity index (χ2n) is 4.68. The number of thiophene rings is 1. The Morgan fingerprint density at radius 2 is 2.20 bits per heavy atom. The minimum absolute atomic E-state index is 0.116. The lowest BCUT2D eigenvalue weighted by atomic mass is 10.1. The molecule has 6 heteroatoms. The maximum absolute atomic E-state index is 12.6. The van der Waals surface area contributed by atoms with Crippen molar-refractivity contribution in [2.75, 3.05) is 6.54 Å². The molecule has 1 aliphatic rings. The summed E-state index contributed by atoms with van der Waals surface area (Å²) in [4.78, 5) is 18.6. The molecular formula is C14H12Cl2N2OS. The van der Waals surface area contributed by atoms with Gasteiger partial charge in [-0.25, -0.2) is 4.98 Å². The van der Waals surface area contributed by atoms with Crippen LogP contribution in [0.15, 0.2) is 29.0 Å². The van der Waals surface area contributed by atoms with E-state index in [0.29, 0.717) is 5.02 Å². The first-order valence-electron chi connectivity index (χ1n) is 6.32. The molecule has 0 bridgehead atoms. The Balaban J connectivity index is 1.91. The first-order valence-corrected chi connectivity index (χ1v) is 8.02. The third-order valence-electron chi connectivity index (χ3n) is 3.46. The van der Waals surface area contributed by atoms with Gasteiger partial charge in [-0.3, -0.25) is 4.79 Å². The number of pyridine rings is 1. The highest BCUT2D eigenvalue weighted by atomic mass is 35.5. The molecule has 0 spiro atoms. The summed E-state index contributed by atoms with van der Waals surface area (Å²) < 4.78 is 0. The fourth-order valence-electron chi connectivity index (χ4n) is 2.53. The van der Waals surface area contributed by atoms with Crippen molar-refractivity contribution in [1.82, 2.24) is 9.88 Å². The number of carbonyl (C=O) groups is 1. The van der Waals surface area contributed by atoms with Crippen LogP contribution in [0.25, 0.3) is 0 Å². The largest absolute Gasteiger partial charge is 0.330 e. The van der Waals surface area contributed by atoms with Gasteiger partial charge in [0.15, 0.2) is 0 Å². The van der Waals surface area contributed by atoms with Crippen LogP contribution in [0.5, 0.6) is 0 Å². The second kappa shape index (κ2) is 5.72. The molecule has 0 radical (unpaired) electrons. The van der Waals surface area contributed by atoms with Crippen molar-refractivity contribution < 1.29 is 4.79 Å². The summed E-state index contributed by atoms with van der Waals surface area (Å²) >= 11 is 13.6. The number of amides is 1. The SMILES string of the molecule is O=C(c1nc(Cl)ccc1Cl)N1CCCC1c1ccsc1. The number of nitrogens with zero attached hydrogens (tertiary/aromatic N) is 2. The third kappa shape index (κ3) is 2.55. The molecular weight excluding hydrogens is 315 g/mol. The molecule has 1 atom stereocenters. The highest BCUT2D eigenvalue weighted by Gasteiger charge is 2.32. The zero-order valence-electron chi connectivity index (χ0n) is 10.6. The summed E-state index contributed by atoms with van der Waals surface area (Å²) in [5.74, 6) is -0.147. The Hall–Kier alpha value is -1.10. The van der Waals surface area contributed by atoms with E-state index in [2.05, 4.69) is 16.4 Å². The van der Waals surface area contributed by atoms with E-state index in [4.69, 9.17) is 23.2 Å². The molecule has 2 aromatic rings. The van der Waals surface area contributed by atoms with Crippen LogP contribution in [-0.2, 0) is 0 Å². The quantitative estimate of drug-likeness (QED) is 0.765. The van der Waals surface area contributed by atoms with Gasteiger partial charge in [0.05, 0.1) is 11.1 Å². The lowest BCUT2D eigenvalue weighted by molar-refractivity contribution is 0.0730. The monoisotopic (exact) mass is 326 g/mol. The van der Waals surface area contributed by atoms with Gasteiger partial charge in [0.1, 0.15) is 10.8 Å². The zero-order valence-corrected chi connectivity index (χ0v) is 12.9. The zero-order chi connectivity index (χ0) is 14.1. The molecule has 20 heavy (non-hydrogen) atoms. The van der Waals surface area contributed by atoms with Gasteiger partial charge in [-0.1, -0.05) is 23.2 Å². The second-order valence-corrected chi connectivity index (χ2v) is 6.25. The topological polar surface area (TPSA) is 33.2 Å². The molecule has 3 rings (SSSR count). The Bertz CT molecular complexity index is 630. The smallest absolute Gasteiger partial charge is 0.274 e. The van der Waals surface area contributed by atoms with Crippen molar-refractivity contribution in [3.8, 4) is 0 Å². The minimum Gasteiger partial charge on any atom is -0.330 e. The van der Waals surface area contributed by atoms with Crippen LogP contribution in [0, 0.1) is 0 Å². The molecule has 1 aliphatic heterocycles. The number of hydrogen-bond donors (Lipinski definition) is 0. The number of likely N-dealkylation sites (tertiary alicyclic amines) is 1. The van der Waals surface area contributed by atoms with E-state index in [0.717, 1.165) is 19.4 Å². The van der Waals surface area contributed by atoms with E-state index in [1.165, 1.54) is 5.56 Å². The normalized spacial score (nSPS) is 18.5. The van der Waals surface area contributed by atoms with Crippen LogP contribution >= 0.6 is 34.5 Å². The lowest BCUT2D eigenvalue weighted by Crippen LogP contribution is -2.31. The maximum Gasteiger partial charge on any atom is 0.274 e. The van der Waals surface area contributed by atoms with E-state index in [-0.39, 0.29) is 22.8 Å². The number of hydrogen-bond acceptors (Lipinski definition) is 3. The molecule has 0 aliphatic carbocycles. The van der Waals surface area contributed by atoms with E-state index in [1.807, 2.05) is 10.3 Å². The standard InChI is InChI=1S/C14H12Cl2N2OS/c15-10-3-4-12(16)17-13(10)14(19)18-6-1-2-11(18)9-5-7-20-8-9/h3-5,7-8,11H,1-2,6H2. The van der Waals surface area contributed by atoms with Gasteiger partial charge in [0, 0.05) is 6.54 Å². The predicted octanol–water partition coefficient (Wildman–Crippen LogP) is 4.43. The van der Waals surface area contributed by atoms with Crippen molar-refractivity contribution >= 4 is 40.4 Å². The van der Waals surface area contributed by atoms with Crippen LogP contribution in [0.1, 0.15) is 34.9 Å². The number of aromatic nitrogens is 1. The van der Waals surface area contributed by atoms with Crippen LogP contribution < -0.4 is 0 Å². The summed E-state index contributed by atoms with van der Waals surface area (Å²) in [6.07, 6.45) is 1.96. The highest BCUT2D eigenvalue weighted by molar-refractivity contribution is 7.08. The van der Waals surface area contributed by atoms with Crippen LogP contribution in [0.2, 0.25) is 10.2 Å². The van der Waals surface area contributed by atoms with Gasteiger partial charge < -0.3 is 4.90 Å². The first-order chi connectivity index (χ1) is 9.66. The Morgan fingerprint density at radius 1 is 1.35 bits per heavy atom. The summed E-state index contributed by atoms with van der Waals surface area (Å²) in [6, 6.07) is 5.37. The Kier molecular flexibility index (Phi) is 3.96. The van der Waals surface area contributed by atoms with Crippen molar-refractivity contribution in [1.29, 1.82) is 0 Å². The van der Waals surface area contributed by atoms with Crippen molar-refractivity contribution in [3.05, 3.63) is 50.4 Å². The third-order valence-corrected chi connectivity index (χ3v) is 4.67. The maximum atomic E-state index is 12.6. The Morgan fingerprint density at radius 3 is 2.95 bits per heavy atom. The van der Waals surface area contributed by atoms with Crippen LogP contribution in [0.4, 0.5) is 0 Å². The average Bonchev–Trinajstić information content (AvgIpc) is 3.10. The van der Waals surface area contributed by atoms with Gasteiger partial charge >= 0.3 is 0 Å². The van der Waals surface area contributed by atoms with E-state index in [9.17, 15) is 4.79 Å². The van der Waals surface area contributed by atoms with Gasteiger partial charge in [-0.2, -0.15) is 11.3 Å². The molecule has 0 aromatic carbocycles. The van der Waals surface area contributed by atoms with Crippen LogP contribution in [-0.4, -0.2) is 22.3 Å². The molecule has 1 unspecified atom stereocenters. The molecule has 3 heterocycles. The van der Waals surface area contributed by atoms with Gasteiger partial charge in [0.25, 0.3) is 5.91 Å². The molecule has 1 amide bonds. The van der Waals surface area contributed by atoms with E-state index in [1.54, 1.807) is 23.5 Å². The summed E-state index contributed by atoms with van der Waals surface area (Å²) in [6.45, 7) is 0.726. The van der Waals surface area contributed by atoms with E-state index < -0.39 is 0 Å². The lowest BCUT2D eigenvalue weighted by Gasteiger charge is -2.24. The van der Waals surface area contributed by atoms with Crippen LogP contribution in [0.3, 0.4) is 0 Å². The molecule has 104 valence electrons. The molecule has 3 nitrogen and oxygen atoms in total. The molecule has 0 saturated carbocycles. The number of carbonyl (C=O) groups excluding carboxylic acids is 1. The van der Waals surface area contributed by atoms with Crippen molar-refractivity contribution in [2.45, 2.75) is 18.9 Å². The summed E-state index contributed by atoms with van der Waals surface area (Å²) in [5, 5.41) is 4.74.